The van der Waals surface area contributed by atoms with Gasteiger partial charge < -0.3 is 19.3 Å². The van der Waals surface area contributed by atoms with Crippen LogP contribution in [0, 0.1) is 6.92 Å². The van der Waals surface area contributed by atoms with E-state index in [2.05, 4.69) is 5.32 Å². The highest BCUT2D eigenvalue weighted by atomic mass is 35.5. The minimum Gasteiger partial charge on any atom is -0.479 e. The van der Waals surface area contributed by atoms with E-state index in [-0.39, 0.29) is 12.0 Å². The number of aryl methyl sites for hydroxylation is 1. The normalized spacial score (nSPS) is 12.1. The van der Waals surface area contributed by atoms with E-state index >= 15 is 0 Å². The standard InChI is InChI=1S/C28H20ClNO6/c1-15-19-11-21-22(16-7-9-18(29)10-8-16)14-35-23(21)13-24(19)36-28(34)20(15)12-25(31)30-26(27(32)33)17-5-3-2-4-6-17/h2-11,13-14,26H,12H2,1H3,(H,30,31)(H,32,33). The Bertz CT molecular complexity index is 1670. The lowest BCUT2D eigenvalue weighted by Gasteiger charge is -2.15. The molecule has 0 saturated carbocycles. The number of carboxylic acids is 1. The van der Waals surface area contributed by atoms with Crippen molar-refractivity contribution in [2.24, 2.45) is 0 Å². The molecule has 0 radical (unpaired) electrons. The third-order valence-corrected chi connectivity index (χ3v) is 6.41. The molecule has 0 aliphatic carbocycles. The summed E-state index contributed by atoms with van der Waals surface area (Å²) >= 11 is 6.02. The molecule has 2 heterocycles. The smallest absolute Gasteiger partial charge is 0.340 e. The van der Waals surface area contributed by atoms with Crippen molar-refractivity contribution in [3.05, 3.63) is 105 Å². The molecule has 2 N–H and O–H groups in total. The van der Waals surface area contributed by atoms with E-state index in [1.807, 2.05) is 18.2 Å². The second kappa shape index (κ2) is 9.36. The van der Waals surface area contributed by atoms with Crippen LogP contribution in [0.5, 0.6) is 0 Å². The lowest BCUT2D eigenvalue weighted by molar-refractivity contribution is -0.142. The van der Waals surface area contributed by atoms with Gasteiger partial charge in [-0.2, -0.15) is 0 Å². The molecule has 7 nitrogen and oxygen atoms in total. The predicted octanol–water partition coefficient (Wildman–Crippen LogP) is 5.65. The van der Waals surface area contributed by atoms with Crippen molar-refractivity contribution in [2.75, 3.05) is 0 Å². The second-order valence-corrected chi connectivity index (χ2v) is 8.86. The maximum Gasteiger partial charge on any atom is 0.340 e. The highest BCUT2D eigenvalue weighted by Gasteiger charge is 2.24. The van der Waals surface area contributed by atoms with E-state index in [9.17, 15) is 19.5 Å². The fourth-order valence-corrected chi connectivity index (χ4v) is 4.40. The lowest BCUT2D eigenvalue weighted by Crippen LogP contribution is -2.35. The number of aliphatic carboxylic acids is 1. The van der Waals surface area contributed by atoms with E-state index < -0.39 is 23.5 Å². The number of carboxylic acid groups (broad SMARTS) is 1. The van der Waals surface area contributed by atoms with Crippen molar-refractivity contribution in [1.29, 1.82) is 0 Å². The fraction of sp³-hybridized carbons (Fsp3) is 0.107. The van der Waals surface area contributed by atoms with E-state index in [1.165, 1.54) is 0 Å². The first-order chi connectivity index (χ1) is 17.3. The summed E-state index contributed by atoms with van der Waals surface area (Å²) in [5.41, 5.74) is 3.14. The van der Waals surface area contributed by atoms with Crippen LogP contribution in [0.25, 0.3) is 33.1 Å². The first kappa shape index (κ1) is 23.4. The van der Waals surface area contributed by atoms with Crippen LogP contribution in [0.4, 0.5) is 0 Å². The van der Waals surface area contributed by atoms with Gasteiger partial charge in [-0.3, -0.25) is 4.79 Å². The summed E-state index contributed by atoms with van der Waals surface area (Å²) in [5.74, 6) is -1.80. The molecule has 0 saturated heterocycles. The van der Waals surface area contributed by atoms with E-state index in [0.29, 0.717) is 32.7 Å². The van der Waals surface area contributed by atoms with Crippen molar-refractivity contribution < 1.29 is 23.5 Å². The monoisotopic (exact) mass is 501 g/mol. The quantitative estimate of drug-likeness (QED) is 0.291. The number of halogens is 1. The number of rotatable bonds is 6. The Balaban J connectivity index is 1.51. The van der Waals surface area contributed by atoms with Crippen LogP contribution in [0.3, 0.4) is 0 Å². The summed E-state index contributed by atoms with van der Waals surface area (Å²) in [4.78, 5) is 37.3. The SMILES string of the molecule is Cc1c(CC(=O)NC(C(=O)O)c2ccccc2)c(=O)oc2cc3occ(-c4ccc(Cl)cc4)c3cc12. The number of amides is 1. The zero-order chi connectivity index (χ0) is 25.4. The number of benzene rings is 3. The largest absolute Gasteiger partial charge is 0.479 e. The van der Waals surface area contributed by atoms with E-state index in [1.54, 1.807) is 61.7 Å². The summed E-state index contributed by atoms with van der Waals surface area (Å²) in [6, 6.07) is 18.0. The summed E-state index contributed by atoms with van der Waals surface area (Å²) in [6.45, 7) is 1.74. The topological polar surface area (TPSA) is 110 Å². The number of carbonyl (C=O) groups excluding carboxylic acids is 1. The second-order valence-electron chi connectivity index (χ2n) is 8.42. The van der Waals surface area contributed by atoms with Gasteiger partial charge in [0.25, 0.3) is 0 Å². The average Bonchev–Trinajstić information content (AvgIpc) is 3.27. The van der Waals surface area contributed by atoms with Crippen LogP contribution in [0.1, 0.15) is 22.7 Å². The van der Waals surface area contributed by atoms with Crippen LogP contribution < -0.4 is 10.9 Å². The molecule has 5 aromatic rings. The Hall–Kier alpha value is -4.36. The highest BCUT2D eigenvalue weighted by molar-refractivity contribution is 6.30. The molecule has 1 amide bonds. The summed E-state index contributed by atoms with van der Waals surface area (Å²) in [7, 11) is 0. The van der Waals surface area contributed by atoms with Gasteiger partial charge in [0.2, 0.25) is 5.91 Å². The highest BCUT2D eigenvalue weighted by Crippen LogP contribution is 2.35. The van der Waals surface area contributed by atoms with Crippen LogP contribution in [-0.4, -0.2) is 17.0 Å². The molecular weight excluding hydrogens is 482 g/mol. The van der Waals surface area contributed by atoms with Gasteiger partial charge >= 0.3 is 11.6 Å². The van der Waals surface area contributed by atoms with Crippen molar-refractivity contribution >= 4 is 45.4 Å². The van der Waals surface area contributed by atoms with Crippen LogP contribution in [0.15, 0.2) is 86.6 Å². The number of carbonyl (C=O) groups is 2. The van der Waals surface area contributed by atoms with Crippen molar-refractivity contribution in [1.82, 2.24) is 5.32 Å². The average molecular weight is 502 g/mol. The number of furan rings is 1. The van der Waals surface area contributed by atoms with E-state index in [0.717, 1.165) is 16.5 Å². The maximum atomic E-state index is 12.8. The predicted molar refractivity (Wildman–Crippen MR) is 136 cm³/mol. The molecule has 5 rings (SSSR count). The molecule has 3 aromatic carbocycles. The van der Waals surface area contributed by atoms with Gasteiger partial charge in [0.1, 0.15) is 11.2 Å². The molecule has 36 heavy (non-hydrogen) atoms. The van der Waals surface area contributed by atoms with Gasteiger partial charge in [-0.1, -0.05) is 54.1 Å². The lowest BCUT2D eigenvalue weighted by atomic mass is 9.99. The fourth-order valence-electron chi connectivity index (χ4n) is 4.27. The van der Waals surface area contributed by atoms with Crippen LogP contribution in [-0.2, 0) is 16.0 Å². The summed E-state index contributed by atoms with van der Waals surface area (Å²) in [5, 5.41) is 14.2. The number of hydrogen-bond acceptors (Lipinski definition) is 5. The Morgan fingerprint density at radius 2 is 1.72 bits per heavy atom. The molecule has 1 unspecified atom stereocenters. The van der Waals surface area contributed by atoms with Gasteiger partial charge in [0.15, 0.2) is 6.04 Å². The Labute approximate surface area is 209 Å². The Morgan fingerprint density at radius 3 is 2.42 bits per heavy atom. The Morgan fingerprint density at radius 1 is 1.00 bits per heavy atom. The molecule has 2 aromatic heterocycles. The molecule has 0 fully saturated rings. The van der Waals surface area contributed by atoms with Gasteiger partial charge in [0, 0.05) is 27.4 Å². The van der Waals surface area contributed by atoms with E-state index in [4.69, 9.17) is 20.4 Å². The summed E-state index contributed by atoms with van der Waals surface area (Å²) < 4.78 is 11.2. The third kappa shape index (κ3) is 4.36. The molecule has 180 valence electrons. The number of fused-ring (bicyclic) bond motifs is 2. The molecule has 0 aliphatic heterocycles. The number of hydrogen-bond donors (Lipinski definition) is 2. The zero-order valence-electron chi connectivity index (χ0n) is 19.1. The summed E-state index contributed by atoms with van der Waals surface area (Å²) in [6.07, 6.45) is 1.30. The first-order valence-electron chi connectivity index (χ1n) is 11.1. The van der Waals surface area contributed by atoms with Crippen molar-refractivity contribution in [3.63, 3.8) is 0 Å². The molecular formula is C28H20ClNO6. The van der Waals surface area contributed by atoms with Crippen LogP contribution in [0.2, 0.25) is 5.02 Å². The van der Waals surface area contributed by atoms with Crippen molar-refractivity contribution in [2.45, 2.75) is 19.4 Å². The first-order valence-corrected chi connectivity index (χ1v) is 11.5. The van der Waals surface area contributed by atoms with Gasteiger partial charge in [-0.25, -0.2) is 9.59 Å². The third-order valence-electron chi connectivity index (χ3n) is 6.16. The molecule has 0 bridgehead atoms. The van der Waals surface area contributed by atoms with Gasteiger partial charge in [0.05, 0.1) is 18.2 Å². The minimum absolute atomic E-state index is 0.160. The zero-order valence-corrected chi connectivity index (χ0v) is 19.8. The van der Waals surface area contributed by atoms with Crippen LogP contribution >= 0.6 is 11.6 Å². The molecule has 0 aliphatic rings. The molecule has 8 heteroatoms. The van der Waals surface area contributed by atoms with Gasteiger partial charge in [-0.05, 0) is 41.8 Å². The Kier molecular flexibility index (Phi) is 6.08. The van der Waals surface area contributed by atoms with Crippen molar-refractivity contribution in [3.8, 4) is 11.1 Å². The molecule has 0 spiro atoms. The van der Waals surface area contributed by atoms with Gasteiger partial charge in [-0.15, -0.1) is 0 Å². The minimum atomic E-state index is -1.24. The maximum absolute atomic E-state index is 12.8. The molecule has 1 atom stereocenters. The number of nitrogens with one attached hydrogen (secondary N) is 1.